The highest BCUT2D eigenvalue weighted by Crippen LogP contribution is 2.26. The van der Waals surface area contributed by atoms with Crippen molar-refractivity contribution in [2.75, 3.05) is 33.8 Å². The summed E-state index contributed by atoms with van der Waals surface area (Å²) in [4.78, 5) is 25.1. The molecule has 0 radical (unpaired) electrons. The van der Waals surface area contributed by atoms with E-state index in [4.69, 9.17) is 18.9 Å². The second-order valence-corrected chi connectivity index (χ2v) is 7.73. The highest BCUT2D eigenvalue weighted by Gasteiger charge is 2.12. The molecule has 0 atom stereocenters. The Morgan fingerprint density at radius 3 is 1.80 bits per heavy atom. The smallest absolute Gasteiger partial charge is 0.228 e. The third-order valence-corrected chi connectivity index (χ3v) is 5.39. The van der Waals surface area contributed by atoms with E-state index in [0.717, 1.165) is 16.7 Å². The molecule has 0 aromatic heterocycles. The SMILES string of the molecule is COc1ccc(CC(=O)NCc2cccc(NC(=O)Cc3ccc(OC)cc3OC)c2)c(OC)c1. The van der Waals surface area contributed by atoms with Gasteiger partial charge in [0.25, 0.3) is 0 Å². The molecule has 2 amide bonds. The van der Waals surface area contributed by atoms with Gasteiger partial charge in [-0.1, -0.05) is 24.3 Å². The highest BCUT2D eigenvalue weighted by atomic mass is 16.5. The standard InChI is InChI=1S/C27H30N2O6/c1-32-22-10-8-19(24(15-22)34-3)13-26(30)28-17-18-6-5-7-21(12-18)29-27(31)14-20-9-11-23(33-2)16-25(20)35-4/h5-12,15-16H,13-14,17H2,1-4H3,(H,28,30)(H,29,31). The fourth-order valence-electron chi connectivity index (χ4n) is 3.57. The first-order valence-corrected chi connectivity index (χ1v) is 11.0. The second kappa shape index (κ2) is 12.3. The number of hydrogen-bond donors (Lipinski definition) is 2. The Kier molecular flexibility index (Phi) is 8.95. The van der Waals surface area contributed by atoms with Crippen LogP contribution in [-0.4, -0.2) is 40.3 Å². The van der Waals surface area contributed by atoms with Crippen molar-refractivity contribution in [1.29, 1.82) is 0 Å². The maximum Gasteiger partial charge on any atom is 0.228 e. The van der Waals surface area contributed by atoms with Crippen LogP contribution in [0.1, 0.15) is 16.7 Å². The first kappa shape index (κ1) is 25.4. The minimum absolute atomic E-state index is 0.144. The van der Waals surface area contributed by atoms with E-state index in [1.165, 1.54) is 0 Å². The van der Waals surface area contributed by atoms with Crippen molar-refractivity contribution in [2.24, 2.45) is 0 Å². The van der Waals surface area contributed by atoms with Crippen LogP contribution in [0, 0.1) is 0 Å². The molecule has 184 valence electrons. The lowest BCUT2D eigenvalue weighted by molar-refractivity contribution is -0.120. The maximum atomic E-state index is 12.6. The molecule has 8 heteroatoms. The molecule has 0 aliphatic heterocycles. The summed E-state index contributed by atoms with van der Waals surface area (Å²) in [5.74, 6) is 2.18. The molecule has 8 nitrogen and oxygen atoms in total. The van der Waals surface area contributed by atoms with Gasteiger partial charge >= 0.3 is 0 Å². The molecule has 0 spiro atoms. The minimum atomic E-state index is -0.179. The lowest BCUT2D eigenvalue weighted by atomic mass is 10.1. The molecule has 3 aromatic rings. The maximum absolute atomic E-state index is 12.6. The molecule has 0 unspecified atom stereocenters. The Hall–Kier alpha value is -4.20. The van der Waals surface area contributed by atoms with Gasteiger partial charge in [-0.3, -0.25) is 9.59 Å². The van der Waals surface area contributed by atoms with E-state index in [1.807, 2.05) is 24.3 Å². The summed E-state index contributed by atoms with van der Waals surface area (Å²) in [6.45, 7) is 0.327. The van der Waals surface area contributed by atoms with E-state index in [1.54, 1.807) is 64.8 Å². The van der Waals surface area contributed by atoms with Gasteiger partial charge in [0.15, 0.2) is 0 Å². The average Bonchev–Trinajstić information content (AvgIpc) is 2.88. The normalized spacial score (nSPS) is 10.3. The van der Waals surface area contributed by atoms with Crippen LogP contribution in [0.15, 0.2) is 60.7 Å². The van der Waals surface area contributed by atoms with Crippen LogP contribution in [0.5, 0.6) is 23.0 Å². The Bertz CT molecular complexity index is 1180. The van der Waals surface area contributed by atoms with Crippen LogP contribution in [0.25, 0.3) is 0 Å². The number of hydrogen-bond acceptors (Lipinski definition) is 6. The summed E-state index contributed by atoms with van der Waals surface area (Å²) in [7, 11) is 6.26. The van der Waals surface area contributed by atoms with Gasteiger partial charge in [0.1, 0.15) is 23.0 Å². The molecule has 0 heterocycles. The zero-order valence-electron chi connectivity index (χ0n) is 20.3. The molecule has 0 aliphatic rings. The van der Waals surface area contributed by atoms with Gasteiger partial charge in [0.2, 0.25) is 11.8 Å². The van der Waals surface area contributed by atoms with Gasteiger partial charge in [0.05, 0.1) is 41.3 Å². The minimum Gasteiger partial charge on any atom is -0.497 e. The number of methoxy groups -OCH3 is 4. The van der Waals surface area contributed by atoms with Crippen molar-refractivity contribution >= 4 is 17.5 Å². The predicted octanol–water partition coefficient (Wildman–Crippen LogP) is 3.76. The van der Waals surface area contributed by atoms with Crippen molar-refractivity contribution in [3.8, 4) is 23.0 Å². The van der Waals surface area contributed by atoms with E-state index in [9.17, 15) is 9.59 Å². The number of anilines is 1. The molecule has 3 rings (SSSR count). The summed E-state index contributed by atoms with van der Waals surface area (Å²) in [6, 6.07) is 18.0. The van der Waals surface area contributed by atoms with E-state index in [2.05, 4.69) is 10.6 Å². The quantitative estimate of drug-likeness (QED) is 0.436. The lowest BCUT2D eigenvalue weighted by Gasteiger charge is -2.12. The van der Waals surface area contributed by atoms with Gasteiger partial charge in [-0.15, -0.1) is 0 Å². The molecule has 0 bridgehead atoms. The van der Waals surface area contributed by atoms with Crippen molar-refractivity contribution in [1.82, 2.24) is 5.32 Å². The van der Waals surface area contributed by atoms with Gasteiger partial charge < -0.3 is 29.6 Å². The number of benzene rings is 3. The number of carbonyl (C=O) groups excluding carboxylic acids is 2. The topological polar surface area (TPSA) is 95.1 Å². The number of amides is 2. The monoisotopic (exact) mass is 478 g/mol. The third-order valence-electron chi connectivity index (χ3n) is 5.39. The molecule has 2 N–H and O–H groups in total. The van der Waals surface area contributed by atoms with Crippen LogP contribution in [0.4, 0.5) is 5.69 Å². The summed E-state index contributed by atoms with van der Waals surface area (Å²) in [6.07, 6.45) is 0.325. The van der Waals surface area contributed by atoms with E-state index in [-0.39, 0.29) is 24.7 Å². The summed E-state index contributed by atoms with van der Waals surface area (Å²) in [5, 5.41) is 5.80. The Morgan fingerprint density at radius 2 is 1.26 bits per heavy atom. The Balaban J connectivity index is 1.56. The molecule has 0 aliphatic carbocycles. The molecular formula is C27H30N2O6. The first-order chi connectivity index (χ1) is 16.9. The number of carbonyl (C=O) groups is 2. The van der Waals surface area contributed by atoms with E-state index < -0.39 is 0 Å². The van der Waals surface area contributed by atoms with Crippen molar-refractivity contribution in [3.05, 3.63) is 77.4 Å². The largest absolute Gasteiger partial charge is 0.497 e. The van der Waals surface area contributed by atoms with Crippen molar-refractivity contribution in [2.45, 2.75) is 19.4 Å². The summed E-state index contributed by atoms with van der Waals surface area (Å²) >= 11 is 0. The average molecular weight is 479 g/mol. The molecule has 0 saturated carbocycles. The van der Waals surface area contributed by atoms with Crippen LogP contribution in [0.2, 0.25) is 0 Å². The predicted molar refractivity (Wildman–Crippen MR) is 133 cm³/mol. The van der Waals surface area contributed by atoms with Gasteiger partial charge in [-0.2, -0.15) is 0 Å². The van der Waals surface area contributed by atoms with Crippen LogP contribution >= 0.6 is 0 Å². The Labute approximate surface area is 205 Å². The van der Waals surface area contributed by atoms with Crippen molar-refractivity contribution in [3.63, 3.8) is 0 Å². The van der Waals surface area contributed by atoms with Gasteiger partial charge in [0, 0.05) is 35.5 Å². The molecular weight excluding hydrogens is 448 g/mol. The molecule has 0 fully saturated rings. The molecule has 35 heavy (non-hydrogen) atoms. The van der Waals surface area contributed by atoms with Gasteiger partial charge in [-0.05, 0) is 29.8 Å². The van der Waals surface area contributed by atoms with Gasteiger partial charge in [-0.25, -0.2) is 0 Å². The fourth-order valence-corrected chi connectivity index (χ4v) is 3.57. The zero-order chi connectivity index (χ0) is 25.2. The fraction of sp³-hybridized carbons (Fsp3) is 0.259. The number of nitrogens with one attached hydrogen (secondary N) is 2. The molecule has 0 saturated heterocycles. The summed E-state index contributed by atoms with van der Waals surface area (Å²) < 4.78 is 21.1. The van der Waals surface area contributed by atoms with Crippen LogP contribution < -0.4 is 29.6 Å². The van der Waals surface area contributed by atoms with E-state index in [0.29, 0.717) is 35.2 Å². The third kappa shape index (κ3) is 7.14. The Morgan fingerprint density at radius 1 is 0.686 bits per heavy atom. The van der Waals surface area contributed by atoms with Crippen molar-refractivity contribution < 1.29 is 28.5 Å². The lowest BCUT2D eigenvalue weighted by Crippen LogP contribution is -2.24. The molecule has 3 aromatic carbocycles. The van der Waals surface area contributed by atoms with Crippen LogP contribution in [-0.2, 0) is 29.0 Å². The first-order valence-electron chi connectivity index (χ1n) is 11.0. The second-order valence-electron chi connectivity index (χ2n) is 7.73. The highest BCUT2D eigenvalue weighted by molar-refractivity contribution is 5.92. The van der Waals surface area contributed by atoms with E-state index >= 15 is 0 Å². The number of ether oxygens (including phenoxy) is 4. The summed E-state index contributed by atoms with van der Waals surface area (Å²) in [5.41, 5.74) is 3.02. The number of rotatable bonds is 11. The zero-order valence-corrected chi connectivity index (χ0v) is 20.3. The van der Waals surface area contributed by atoms with Crippen LogP contribution in [0.3, 0.4) is 0 Å².